The van der Waals surface area contributed by atoms with Crippen LogP contribution < -0.4 is 0 Å². The molecule has 6 rings (SSSR count). The summed E-state index contributed by atoms with van der Waals surface area (Å²) in [5.41, 5.74) is 7.80. The standard InChI is InChI=1S/C24H26N4/c1-3-24-10-6-11-27-12-9-18-17-7-4-5-8-20(17)28(22(18)23(24)27)21(13-24)19-15-25-14-16(2)26-19/h4-5,7-8,13-15,23H,3,6,9-12H2,1-2H3/t23-,24+/m1/s1. The Hall–Kier alpha value is -2.46. The topological polar surface area (TPSA) is 34.0 Å². The smallest absolute Gasteiger partial charge is 0.105 e. The van der Waals surface area contributed by atoms with E-state index in [0.29, 0.717) is 6.04 Å². The molecule has 0 spiro atoms. The van der Waals surface area contributed by atoms with E-state index in [4.69, 9.17) is 4.98 Å². The van der Waals surface area contributed by atoms with Gasteiger partial charge in [0.25, 0.3) is 0 Å². The Bertz CT molecular complexity index is 1120. The highest BCUT2D eigenvalue weighted by molar-refractivity contribution is 5.91. The van der Waals surface area contributed by atoms with Gasteiger partial charge < -0.3 is 4.57 Å². The molecule has 4 nitrogen and oxygen atoms in total. The third kappa shape index (κ3) is 2.04. The molecule has 5 heterocycles. The van der Waals surface area contributed by atoms with Crippen molar-refractivity contribution in [3.63, 3.8) is 0 Å². The molecule has 0 amide bonds. The number of hydrogen-bond acceptors (Lipinski definition) is 3. The van der Waals surface area contributed by atoms with Crippen LogP contribution in [0.2, 0.25) is 0 Å². The highest BCUT2D eigenvalue weighted by Crippen LogP contribution is 2.57. The fraction of sp³-hybridized carbons (Fsp3) is 0.417. The first-order valence-electron chi connectivity index (χ1n) is 10.6. The van der Waals surface area contributed by atoms with E-state index < -0.39 is 0 Å². The van der Waals surface area contributed by atoms with Crippen LogP contribution in [0, 0.1) is 12.3 Å². The summed E-state index contributed by atoms with van der Waals surface area (Å²) in [7, 11) is 0. The van der Waals surface area contributed by atoms with Crippen LogP contribution in [-0.2, 0) is 6.42 Å². The van der Waals surface area contributed by atoms with Crippen LogP contribution in [0.3, 0.4) is 0 Å². The minimum absolute atomic E-state index is 0.193. The molecule has 0 N–H and O–H groups in total. The molecule has 28 heavy (non-hydrogen) atoms. The van der Waals surface area contributed by atoms with E-state index in [-0.39, 0.29) is 5.41 Å². The number of aryl methyl sites for hydroxylation is 1. The van der Waals surface area contributed by atoms with Crippen LogP contribution in [0.5, 0.6) is 0 Å². The normalized spacial score (nSPS) is 26.2. The molecule has 3 aliphatic heterocycles. The predicted molar refractivity (Wildman–Crippen MR) is 112 cm³/mol. The van der Waals surface area contributed by atoms with Gasteiger partial charge in [0.05, 0.1) is 29.1 Å². The largest absolute Gasteiger partial charge is 0.310 e. The molecule has 2 aromatic heterocycles. The Kier molecular flexibility index (Phi) is 3.40. The van der Waals surface area contributed by atoms with Crippen LogP contribution in [-0.4, -0.2) is 32.5 Å². The molecule has 4 heteroatoms. The Morgan fingerprint density at radius 1 is 1.18 bits per heavy atom. The van der Waals surface area contributed by atoms with Crippen LogP contribution in [0.25, 0.3) is 16.6 Å². The van der Waals surface area contributed by atoms with Crippen molar-refractivity contribution >= 4 is 16.6 Å². The quantitative estimate of drug-likeness (QED) is 0.654. The number of nitrogens with zero attached hydrogens (tertiary/aromatic N) is 4. The zero-order valence-electron chi connectivity index (χ0n) is 16.7. The Morgan fingerprint density at radius 2 is 2.07 bits per heavy atom. The molecule has 1 saturated heterocycles. The third-order valence-corrected chi connectivity index (χ3v) is 7.27. The van der Waals surface area contributed by atoms with E-state index in [1.165, 1.54) is 48.2 Å². The summed E-state index contributed by atoms with van der Waals surface area (Å²) in [5, 5.41) is 1.42. The summed E-state index contributed by atoms with van der Waals surface area (Å²) in [6.45, 7) is 6.80. The van der Waals surface area contributed by atoms with Gasteiger partial charge in [-0.25, -0.2) is 4.98 Å². The van der Waals surface area contributed by atoms with E-state index in [9.17, 15) is 0 Å². The van der Waals surface area contributed by atoms with Gasteiger partial charge in [-0.3, -0.25) is 9.88 Å². The Morgan fingerprint density at radius 3 is 2.93 bits per heavy atom. The number of benzene rings is 1. The molecule has 142 valence electrons. The van der Waals surface area contributed by atoms with Crippen molar-refractivity contribution in [3.05, 3.63) is 65.4 Å². The zero-order chi connectivity index (χ0) is 18.9. The van der Waals surface area contributed by atoms with Crippen molar-refractivity contribution in [3.8, 4) is 0 Å². The summed E-state index contributed by atoms with van der Waals surface area (Å²) in [6, 6.07) is 9.42. The lowest BCUT2D eigenvalue weighted by Gasteiger charge is -2.53. The first-order valence-corrected chi connectivity index (χ1v) is 10.6. The van der Waals surface area contributed by atoms with Crippen molar-refractivity contribution < 1.29 is 0 Å². The van der Waals surface area contributed by atoms with Crippen molar-refractivity contribution in [2.45, 2.75) is 45.6 Å². The van der Waals surface area contributed by atoms with Gasteiger partial charge in [0.2, 0.25) is 0 Å². The average molecular weight is 371 g/mol. The van der Waals surface area contributed by atoms with Crippen molar-refractivity contribution in [1.82, 2.24) is 19.4 Å². The molecule has 0 unspecified atom stereocenters. The second-order valence-electron chi connectivity index (χ2n) is 8.67. The van der Waals surface area contributed by atoms with Gasteiger partial charge in [-0.05, 0) is 56.9 Å². The highest BCUT2D eigenvalue weighted by Gasteiger charge is 2.50. The first kappa shape index (κ1) is 16.5. The number of rotatable bonds is 2. The molecular weight excluding hydrogens is 344 g/mol. The van der Waals surface area contributed by atoms with Gasteiger partial charge in [0, 0.05) is 29.2 Å². The molecule has 0 bridgehead atoms. The summed E-state index contributed by atoms with van der Waals surface area (Å²) < 4.78 is 2.52. The lowest BCUT2D eigenvalue weighted by atomic mass is 9.66. The Labute approximate surface area is 165 Å². The van der Waals surface area contributed by atoms with Crippen molar-refractivity contribution in [1.29, 1.82) is 0 Å². The van der Waals surface area contributed by atoms with E-state index in [2.05, 4.69) is 51.7 Å². The maximum Gasteiger partial charge on any atom is 0.105 e. The fourth-order valence-corrected chi connectivity index (χ4v) is 6.05. The number of aromatic nitrogens is 3. The number of fused-ring (bicyclic) bond motifs is 3. The van der Waals surface area contributed by atoms with E-state index in [1.807, 2.05) is 19.3 Å². The number of piperidine rings is 1. The zero-order valence-corrected chi connectivity index (χ0v) is 16.7. The molecule has 1 aromatic carbocycles. The SMILES string of the molecule is CC[C@@]12C=C(c3cncc(C)n3)n3c4c(c5ccccc53)CCN(CCC1)[C@H]42. The molecule has 1 fully saturated rings. The fourth-order valence-electron chi connectivity index (χ4n) is 6.05. The second kappa shape index (κ2) is 5.77. The molecule has 0 radical (unpaired) electrons. The third-order valence-electron chi connectivity index (χ3n) is 7.27. The summed E-state index contributed by atoms with van der Waals surface area (Å²) in [5.74, 6) is 0. The number of hydrogen-bond donors (Lipinski definition) is 0. The van der Waals surface area contributed by atoms with Crippen LogP contribution >= 0.6 is 0 Å². The van der Waals surface area contributed by atoms with Gasteiger partial charge in [0.15, 0.2) is 0 Å². The summed E-state index contributed by atoms with van der Waals surface area (Å²) in [4.78, 5) is 12.1. The predicted octanol–water partition coefficient (Wildman–Crippen LogP) is 4.73. The van der Waals surface area contributed by atoms with Crippen LogP contribution in [0.1, 0.15) is 54.9 Å². The van der Waals surface area contributed by atoms with Gasteiger partial charge >= 0.3 is 0 Å². The minimum Gasteiger partial charge on any atom is -0.310 e. The molecular formula is C24H26N4. The van der Waals surface area contributed by atoms with Gasteiger partial charge in [-0.15, -0.1) is 0 Å². The lowest BCUT2D eigenvalue weighted by molar-refractivity contribution is 0.0271. The first-order chi connectivity index (χ1) is 13.7. The molecule has 2 atom stereocenters. The number of para-hydroxylation sites is 1. The lowest BCUT2D eigenvalue weighted by Crippen LogP contribution is -2.50. The average Bonchev–Trinajstić information content (AvgIpc) is 3.07. The maximum absolute atomic E-state index is 4.89. The summed E-state index contributed by atoms with van der Waals surface area (Å²) in [6.07, 6.45) is 11.2. The van der Waals surface area contributed by atoms with Crippen molar-refractivity contribution in [2.24, 2.45) is 5.41 Å². The monoisotopic (exact) mass is 370 g/mol. The minimum atomic E-state index is 0.193. The van der Waals surface area contributed by atoms with Crippen molar-refractivity contribution in [2.75, 3.05) is 13.1 Å². The second-order valence-corrected chi connectivity index (χ2v) is 8.67. The van der Waals surface area contributed by atoms with Crippen LogP contribution in [0.15, 0.2) is 42.7 Å². The molecule has 0 saturated carbocycles. The highest BCUT2D eigenvalue weighted by atomic mass is 15.2. The van der Waals surface area contributed by atoms with Gasteiger partial charge in [-0.2, -0.15) is 0 Å². The van der Waals surface area contributed by atoms with Gasteiger partial charge in [0.1, 0.15) is 5.69 Å². The molecule has 3 aromatic rings. The maximum atomic E-state index is 4.89. The molecule has 0 aliphatic carbocycles. The molecule has 3 aliphatic rings. The van der Waals surface area contributed by atoms with E-state index >= 15 is 0 Å². The van der Waals surface area contributed by atoms with Crippen LogP contribution in [0.4, 0.5) is 0 Å². The Balaban J connectivity index is 1.73. The van der Waals surface area contributed by atoms with E-state index in [1.54, 1.807) is 5.56 Å². The van der Waals surface area contributed by atoms with E-state index in [0.717, 1.165) is 24.2 Å². The van der Waals surface area contributed by atoms with Gasteiger partial charge in [-0.1, -0.05) is 25.1 Å². The summed E-state index contributed by atoms with van der Waals surface area (Å²) >= 11 is 0.